The first-order chi connectivity index (χ1) is 9.67. The second-order valence-electron chi connectivity index (χ2n) is 4.00. The molecule has 0 amide bonds. The lowest BCUT2D eigenvalue weighted by Gasteiger charge is -2.13. The van der Waals surface area contributed by atoms with Crippen molar-refractivity contribution in [2.45, 2.75) is 12.6 Å². The summed E-state index contributed by atoms with van der Waals surface area (Å²) < 4.78 is 11.5. The fraction of sp³-hybridized carbons (Fsp3) is 0.417. The molecule has 0 saturated heterocycles. The van der Waals surface area contributed by atoms with Crippen molar-refractivity contribution < 1.29 is 14.6 Å². The third kappa shape index (κ3) is 3.06. The van der Waals surface area contributed by atoms with E-state index in [-0.39, 0.29) is 0 Å². The van der Waals surface area contributed by atoms with Gasteiger partial charge in [0.1, 0.15) is 6.10 Å². The molecular weight excluding hydrogens is 284 g/mol. The Morgan fingerprint density at radius 2 is 2.15 bits per heavy atom. The normalized spacial score (nSPS) is 12.4. The standard InChI is InChI=1S/C12H15ClN4O3/c1-19-6-5-17-11(8(13)7-14-17)12(18)9-3-4-10(20-2)16-15-9/h3-4,7,12,18H,5-6H2,1-2H3. The highest BCUT2D eigenvalue weighted by Gasteiger charge is 2.21. The molecule has 108 valence electrons. The number of nitrogens with zero attached hydrogens (tertiary/aromatic N) is 4. The number of ether oxygens (including phenoxy) is 2. The Morgan fingerprint density at radius 3 is 2.75 bits per heavy atom. The average Bonchev–Trinajstić information content (AvgIpc) is 2.85. The minimum absolute atomic E-state index is 0.367. The molecule has 2 aromatic heterocycles. The monoisotopic (exact) mass is 298 g/mol. The number of hydrogen-bond acceptors (Lipinski definition) is 6. The molecule has 8 heteroatoms. The number of hydrogen-bond donors (Lipinski definition) is 1. The maximum atomic E-state index is 10.4. The molecule has 7 nitrogen and oxygen atoms in total. The first-order valence-corrected chi connectivity index (χ1v) is 6.31. The zero-order valence-corrected chi connectivity index (χ0v) is 11.9. The molecular formula is C12H15ClN4O3. The van der Waals surface area contributed by atoms with Crippen LogP contribution in [0.3, 0.4) is 0 Å². The zero-order valence-electron chi connectivity index (χ0n) is 11.2. The van der Waals surface area contributed by atoms with Crippen LogP contribution in [-0.4, -0.2) is 45.9 Å². The fourth-order valence-electron chi connectivity index (χ4n) is 1.72. The van der Waals surface area contributed by atoms with Gasteiger partial charge in [-0.15, -0.1) is 10.2 Å². The number of methoxy groups -OCH3 is 2. The second-order valence-corrected chi connectivity index (χ2v) is 4.40. The van der Waals surface area contributed by atoms with Crippen LogP contribution < -0.4 is 4.74 Å². The number of aromatic nitrogens is 4. The number of rotatable bonds is 6. The maximum Gasteiger partial charge on any atom is 0.233 e. The Bertz CT molecular complexity index is 558. The summed E-state index contributed by atoms with van der Waals surface area (Å²) in [6, 6.07) is 3.25. The van der Waals surface area contributed by atoms with Crippen LogP contribution in [0.4, 0.5) is 0 Å². The van der Waals surface area contributed by atoms with E-state index in [1.807, 2.05) is 0 Å². The summed E-state index contributed by atoms with van der Waals surface area (Å²) >= 11 is 6.07. The predicted molar refractivity (Wildman–Crippen MR) is 71.8 cm³/mol. The molecule has 2 heterocycles. The van der Waals surface area contributed by atoms with Gasteiger partial charge in [-0.05, 0) is 6.07 Å². The number of halogens is 1. The van der Waals surface area contributed by atoms with Crippen molar-refractivity contribution in [2.75, 3.05) is 20.8 Å². The Morgan fingerprint density at radius 1 is 1.35 bits per heavy atom. The van der Waals surface area contributed by atoms with Crippen LogP contribution in [0.15, 0.2) is 18.3 Å². The van der Waals surface area contributed by atoms with Crippen LogP contribution in [0.1, 0.15) is 17.5 Å². The van der Waals surface area contributed by atoms with Crippen molar-refractivity contribution in [3.63, 3.8) is 0 Å². The second kappa shape index (κ2) is 6.65. The summed E-state index contributed by atoms with van der Waals surface area (Å²) in [7, 11) is 3.09. The third-order valence-corrected chi connectivity index (χ3v) is 3.04. The summed E-state index contributed by atoms with van der Waals surface area (Å²) in [6.45, 7) is 0.950. The van der Waals surface area contributed by atoms with Crippen molar-refractivity contribution in [2.24, 2.45) is 0 Å². The highest BCUT2D eigenvalue weighted by Crippen LogP contribution is 2.27. The molecule has 0 aliphatic rings. The molecule has 0 aromatic carbocycles. The minimum Gasteiger partial charge on any atom is -0.480 e. The molecule has 1 unspecified atom stereocenters. The average molecular weight is 299 g/mol. The topological polar surface area (TPSA) is 82.3 Å². The summed E-state index contributed by atoms with van der Waals surface area (Å²) in [5.74, 6) is 0.375. The van der Waals surface area contributed by atoms with Crippen molar-refractivity contribution in [3.8, 4) is 5.88 Å². The third-order valence-electron chi connectivity index (χ3n) is 2.75. The SMILES string of the molecule is COCCn1ncc(Cl)c1C(O)c1ccc(OC)nn1. The molecule has 0 fully saturated rings. The summed E-state index contributed by atoms with van der Waals surface area (Å²) in [5.41, 5.74) is 0.829. The Balaban J connectivity index is 2.26. The molecule has 20 heavy (non-hydrogen) atoms. The van der Waals surface area contributed by atoms with Gasteiger partial charge >= 0.3 is 0 Å². The fourth-order valence-corrected chi connectivity index (χ4v) is 1.97. The Labute approximate surface area is 121 Å². The summed E-state index contributed by atoms with van der Waals surface area (Å²) in [5, 5.41) is 22.6. The van der Waals surface area contributed by atoms with Crippen molar-refractivity contribution >= 4 is 11.6 Å². The van der Waals surface area contributed by atoms with Crippen molar-refractivity contribution in [1.82, 2.24) is 20.0 Å². The quantitative estimate of drug-likeness (QED) is 0.859. The van der Waals surface area contributed by atoms with Gasteiger partial charge in [-0.25, -0.2) is 0 Å². The maximum absolute atomic E-state index is 10.4. The van der Waals surface area contributed by atoms with Crippen LogP contribution in [0.25, 0.3) is 0 Å². The van der Waals surface area contributed by atoms with Crippen LogP contribution in [-0.2, 0) is 11.3 Å². The van der Waals surface area contributed by atoms with Gasteiger partial charge in [-0.3, -0.25) is 4.68 Å². The van der Waals surface area contributed by atoms with Gasteiger partial charge in [0.15, 0.2) is 0 Å². The van der Waals surface area contributed by atoms with E-state index in [4.69, 9.17) is 21.1 Å². The van der Waals surface area contributed by atoms with E-state index in [9.17, 15) is 5.11 Å². The van der Waals surface area contributed by atoms with E-state index in [0.717, 1.165) is 0 Å². The zero-order chi connectivity index (χ0) is 14.5. The molecule has 0 aliphatic carbocycles. The number of aliphatic hydroxyl groups is 1. The number of aliphatic hydroxyl groups excluding tert-OH is 1. The molecule has 2 rings (SSSR count). The van der Waals surface area contributed by atoms with Crippen LogP contribution in [0.5, 0.6) is 5.88 Å². The van der Waals surface area contributed by atoms with Gasteiger partial charge in [-0.1, -0.05) is 11.6 Å². The van der Waals surface area contributed by atoms with Gasteiger partial charge in [0.05, 0.1) is 42.9 Å². The first kappa shape index (κ1) is 14.7. The van der Waals surface area contributed by atoms with E-state index in [1.165, 1.54) is 13.3 Å². The van der Waals surface area contributed by atoms with Crippen LogP contribution in [0.2, 0.25) is 5.02 Å². The first-order valence-electron chi connectivity index (χ1n) is 5.93. The van der Waals surface area contributed by atoms with E-state index in [2.05, 4.69) is 15.3 Å². The molecule has 0 bridgehead atoms. The molecule has 0 saturated carbocycles. The molecule has 1 atom stereocenters. The van der Waals surface area contributed by atoms with Crippen molar-refractivity contribution in [1.29, 1.82) is 0 Å². The van der Waals surface area contributed by atoms with Gasteiger partial charge in [0.25, 0.3) is 0 Å². The summed E-state index contributed by atoms with van der Waals surface area (Å²) in [4.78, 5) is 0. The van der Waals surface area contributed by atoms with Crippen LogP contribution in [0, 0.1) is 0 Å². The molecule has 0 aliphatic heterocycles. The van der Waals surface area contributed by atoms with Gasteiger partial charge in [0.2, 0.25) is 5.88 Å². The molecule has 0 spiro atoms. The van der Waals surface area contributed by atoms with Gasteiger partial charge in [-0.2, -0.15) is 5.10 Å². The van der Waals surface area contributed by atoms with Gasteiger partial charge < -0.3 is 14.6 Å². The Hall–Kier alpha value is -1.70. The van der Waals surface area contributed by atoms with E-state index in [1.54, 1.807) is 23.9 Å². The molecule has 2 aromatic rings. The van der Waals surface area contributed by atoms with E-state index in [0.29, 0.717) is 35.4 Å². The van der Waals surface area contributed by atoms with Crippen LogP contribution >= 0.6 is 11.6 Å². The smallest absolute Gasteiger partial charge is 0.233 e. The van der Waals surface area contributed by atoms with E-state index >= 15 is 0 Å². The largest absolute Gasteiger partial charge is 0.480 e. The van der Waals surface area contributed by atoms with E-state index < -0.39 is 6.10 Å². The lowest BCUT2D eigenvalue weighted by Crippen LogP contribution is -2.14. The van der Waals surface area contributed by atoms with Crippen molar-refractivity contribution in [3.05, 3.63) is 34.7 Å². The molecule has 1 N–H and O–H groups in total. The summed E-state index contributed by atoms with van der Waals surface area (Å²) in [6.07, 6.45) is 0.465. The highest BCUT2D eigenvalue weighted by molar-refractivity contribution is 6.31. The highest BCUT2D eigenvalue weighted by atomic mass is 35.5. The Kier molecular flexibility index (Phi) is 4.89. The molecule has 0 radical (unpaired) electrons. The van der Waals surface area contributed by atoms with Gasteiger partial charge in [0, 0.05) is 13.2 Å². The lowest BCUT2D eigenvalue weighted by molar-refractivity contribution is 0.169. The predicted octanol–water partition coefficient (Wildman–Crippen LogP) is 1.06. The lowest BCUT2D eigenvalue weighted by atomic mass is 10.2. The minimum atomic E-state index is -1.01.